The highest BCUT2D eigenvalue weighted by Gasteiger charge is 2.10. The Bertz CT molecular complexity index is 675. The monoisotopic (exact) mass is 291 g/mol. The molecule has 0 saturated heterocycles. The summed E-state index contributed by atoms with van der Waals surface area (Å²) < 4.78 is 0. The molecule has 5 heteroatoms. The van der Waals surface area contributed by atoms with E-state index in [1.165, 1.54) is 0 Å². The summed E-state index contributed by atoms with van der Waals surface area (Å²) >= 11 is 12.0. The summed E-state index contributed by atoms with van der Waals surface area (Å²) in [5.41, 5.74) is 3.43. The molecule has 0 atom stereocenters. The minimum Gasteiger partial charge on any atom is -0.353 e. The van der Waals surface area contributed by atoms with Gasteiger partial charge < -0.3 is 5.32 Å². The average Bonchev–Trinajstić information content (AvgIpc) is 2.32. The number of aryl methyl sites for hydroxylation is 2. The Balaban J connectivity index is 2.46. The molecule has 0 spiro atoms. The van der Waals surface area contributed by atoms with E-state index in [2.05, 4.69) is 16.4 Å². The molecule has 0 fully saturated rings. The van der Waals surface area contributed by atoms with E-state index in [1.54, 1.807) is 25.1 Å². The van der Waals surface area contributed by atoms with Crippen molar-refractivity contribution in [2.24, 2.45) is 0 Å². The van der Waals surface area contributed by atoms with Crippen molar-refractivity contribution in [1.29, 1.82) is 5.26 Å². The van der Waals surface area contributed by atoms with E-state index in [-0.39, 0.29) is 0 Å². The molecule has 1 heterocycles. The molecule has 1 aromatic heterocycles. The molecule has 19 heavy (non-hydrogen) atoms. The minimum absolute atomic E-state index is 0.503. The van der Waals surface area contributed by atoms with Crippen molar-refractivity contribution >= 4 is 34.6 Å². The molecule has 1 N–H and O–H groups in total. The third-order valence-corrected chi connectivity index (χ3v) is 3.19. The Labute approximate surface area is 121 Å². The fourth-order valence-electron chi connectivity index (χ4n) is 1.80. The summed E-state index contributed by atoms with van der Waals surface area (Å²) in [6, 6.07) is 9.13. The zero-order valence-corrected chi connectivity index (χ0v) is 12.0. The van der Waals surface area contributed by atoms with E-state index in [1.807, 2.05) is 13.0 Å². The van der Waals surface area contributed by atoms with Gasteiger partial charge in [0.15, 0.2) is 0 Å². The largest absolute Gasteiger partial charge is 0.353 e. The zero-order valence-electron chi connectivity index (χ0n) is 10.5. The highest BCUT2D eigenvalue weighted by molar-refractivity contribution is 6.36. The van der Waals surface area contributed by atoms with Gasteiger partial charge in [-0.25, -0.2) is 0 Å². The molecule has 0 bridgehead atoms. The van der Waals surface area contributed by atoms with Gasteiger partial charge in [0.1, 0.15) is 6.07 Å². The first kappa shape index (κ1) is 13.7. The Hall–Kier alpha value is -1.76. The minimum atomic E-state index is 0.503. The maximum absolute atomic E-state index is 9.20. The van der Waals surface area contributed by atoms with Gasteiger partial charge >= 0.3 is 0 Å². The normalized spacial score (nSPS) is 10.1. The average molecular weight is 292 g/mol. The van der Waals surface area contributed by atoms with Crippen LogP contribution in [0.2, 0.25) is 10.0 Å². The van der Waals surface area contributed by atoms with E-state index >= 15 is 0 Å². The molecule has 0 unspecified atom stereocenters. The van der Waals surface area contributed by atoms with Crippen molar-refractivity contribution < 1.29 is 0 Å². The van der Waals surface area contributed by atoms with Crippen LogP contribution in [0.3, 0.4) is 0 Å². The molecule has 96 valence electrons. The highest BCUT2D eigenvalue weighted by Crippen LogP contribution is 2.30. The lowest BCUT2D eigenvalue weighted by atomic mass is 10.1. The molecular weight excluding hydrogens is 281 g/mol. The number of anilines is 2. The molecule has 2 rings (SSSR count). The second kappa shape index (κ2) is 5.48. The molecule has 0 aliphatic heterocycles. The highest BCUT2D eigenvalue weighted by atomic mass is 35.5. The third-order valence-electron chi connectivity index (χ3n) is 2.64. The van der Waals surface area contributed by atoms with Gasteiger partial charge in [-0.1, -0.05) is 23.2 Å². The van der Waals surface area contributed by atoms with Crippen LogP contribution in [0.25, 0.3) is 0 Å². The van der Waals surface area contributed by atoms with Crippen molar-refractivity contribution in [1.82, 2.24) is 4.98 Å². The summed E-state index contributed by atoms with van der Waals surface area (Å²) in [7, 11) is 0. The molecule has 1 aromatic carbocycles. The van der Waals surface area contributed by atoms with Crippen LogP contribution in [0, 0.1) is 25.2 Å². The maximum atomic E-state index is 9.20. The molecule has 0 saturated carbocycles. The first-order valence-corrected chi connectivity index (χ1v) is 6.37. The topological polar surface area (TPSA) is 48.7 Å². The third kappa shape index (κ3) is 2.98. The number of hydrogen-bond acceptors (Lipinski definition) is 3. The lowest BCUT2D eigenvalue weighted by Gasteiger charge is -2.12. The van der Waals surface area contributed by atoms with Gasteiger partial charge in [-0.05, 0) is 38.1 Å². The summed E-state index contributed by atoms with van der Waals surface area (Å²) in [6.45, 7) is 3.68. The van der Waals surface area contributed by atoms with Gasteiger partial charge in [0, 0.05) is 10.7 Å². The Morgan fingerprint density at radius 3 is 2.53 bits per heavy atom. The van der Waals surface area contributed by atoms with Crippen LogP contribution in [0.4, 0.5) is 11.4 Å². The van der Waals surface area contributed by atoms with Gasteiger partial charge in [0.05, 0.1) is 27.7 Å². The Kier molecular flexibility index (Phi) is 3.94. The standard InChI is InChI=1S/C14H11Cl2N3/c1-8-5-14(11(7-17)9(2)18-8)19-13-4-3-10(15)6-12(13)16/h3-6H,1-2H3,(H,18,19). The number of nitrogens with zero attached hydrogens (tertiary/aromatic N) is 2. The van der Waals surface area contributed by atoms with Crippen molar-refractivity contribution in [3.05, 3.63) is 51.3 Å². The zero-order chi connectivity index (χ0) is 14.0. The number of benzene rings is 1. The Morgan fingerprint density at radius 2 is 1.89 bits per heavy atom. The predicted molar refractivity (Wildman–Crippen MR) is 78.2 cm³/mol. The van der Waals surface area contributed by atoms with E-state index in [4.69, 9.17) is 23.2 Å². The summed E-state index contributed by atoms with van der Waals surface area (Å²) in [5, 5.41) is 13.4. The molecular formula is C14H11Cl2N3. The number of rotatable bonds is 2. The number of aromatic nitrogens is 1. The van der Waals surface area contributed by atoms with Gasteiger partial charge in [-0.2, -0.15) is 5.26 Å². The molecule has 0 radical (unpaired) electrons. The van der Waals surface area contributed by atoms with Crippen molar-refractivity contribution in [3.63, 3.8) is 0 Å². The molecule has 0 amide bonds. The van der Waals surface area contributed by atoms with Crippen molar-refractivity contribution in [2.75, 3.05) is 5.32 Å². The second-order valence-electron chi connectivity index (χ2n) is 4.13. The van der Waals surface area contributed by atoms with E-state index < -0.39 is 0 Å². The van der Waals surface area contributed by atoms with Crippen molar-refractivity contribution in [2.45, 2.75) is 13.8 Å². The number of halogens is 2. The summed E-state index contributed by atoms with van der Waals surface area (Å²) in [5.74, 6) is 0. The van der Waals surface area contributed by atoms with Crippen LogP contribution >= 0.6 is 23.2 Å². The van der Waals surface area contributed by atoms with Gasteiger partial charge in [0.25, 0.3) is 0 Å². The fourth-order valence-corrected chi connectivity index (χ4v) is 2.26. The van der Waals surface area contributed by atoms with E-state index in [0.717, 1.165) is 5.69 Å². The maximum Gasteiger partial charge on any atom is 0.103 e. The summed E-state index contributed by atoms with van der Waals surface area (Å²) in [6.07, 6.45) is 0. The van der Waals surface area contributed by atoms with E-state index in [0.29, 0.717) is 32.7 Å². The quantitative estimate of drug-likeness (QED) is 0.878. The molecule has 2 aromatic rings. The van der Waals surface area contributed by atoms with Gasteiger partial charge in [-0.15, -0.1) is 0 Å². The van der Waals surface area contributed by atoms with Crippen LogP contribution in [-0.4, -0.2) is 4.98 Å². The fraction of sp³-hybridized carbons (Fsp3) is 0.143. The Morgan fingerprint density at radius 1 is 1.16 bits per heavy atom. The smallest absolute Gasteiger partial charge is 0.103 e. The number of pyridine rings is 1. The first-order valence-electron chi connectivity index (χ1n) is 5.61. The number of nitrogens with one attached hydrogen (secondary N) is 1. The van der Waals surface area contributed by atoms with Crippen LogP contribution < -0.4 is 5.32 Å². The van der Waals surface area contributed by atoms with Crippen LogP contribution in [0.1, 0.15) is 17.0 Å². The lowest BCUT2D eigenvalue weighted by Crippen LogP contribution is -2.00. The van der Waals surface area contributed by atoms with Crippen LogP contribution in [0.5, 0.6) is 0 Å². The second-order valence-corrected chi connectivity index (χ2v) is 4.98. The van der Waals surface area contributed by atoms with E-state index in [9.17, 15) is 5.26 Å². The van der Waals surface area contributed by atoms with Crippen LogP contribution in [-0.2, 0) is 0 Å². The van der Waals surface area contributed by atoms with Gasteiger partial charge in [0.2, 0.25) is 0 Å². The van der Waals surface area contributed by atoms with Crippen molar-refractivity contribution in [3.8, 4) is 6.07 Å². The predicted octanol–water partition coefficient (Wildman–Crippen LogP) is 4.62. The molecule has 0 aliphatic carbocycles. The number of nitriles is 1. The molecule has 0 aliphatic rings. The number of hydrogen-bond donors (Lipinski definition) is 1. The van der Waals surface area contributed by atoms with Gasteiger partial charge in [-0.3, -0.25) is 4.98 Å². The summed E-state index contributed by atoms with van der Waals surface area (Å²) in [4.78, 5) is 4.27. The molecule has 3 nitrogen and oxygen atoms in total. The SMILES string of the molecule is Cc1cc(Nc2ccc(Cl)cc2Cl)c(C#N)c(C)n1. The first-order chi connectivity index (χ1) is 9.01. The lowest BCUT2D eigenvalue weighted by molar-refractivity contribution is 1.11. The van der Waals surface area contributed by atoms with Crippen LogP contribution in [0.15, 0.2) is 24.3 Å².